The van der Waals surface area contributed by atoms with Crippen LogP contribution in [0.2, 0.25) is 6.04 Å². The topological polar surface area (TPSA) is 18.5 Å². The lowest BCUT2D eigenvalue weighted by Gasteiger charge is -2.12. The minimum Gasteiger partial charge on any atom is -0.360 e. The van der Waals surface area contributed by atoms with Crippen molar-refractivity contribution in [2.75, 3.05) is 14.2 Å². The van der Waals surface area contributed by atoms with Gasteiger partial charge in [0.2, 0.25) is 0 Å². The zero-order chi connectivity index (χ0) is 12.8. The van der Waals surface area contributed by atoms with Crippen LogP contribution in [0.5, 0.6) is 0 Å². The summed E-state index contributed by atoms with van der Waals surface area (Å²) in [4.78, 5) is 0. The average molecular weight is 258 g/mol. The zero-order valence-electron chi connectivity index (χ0n) is 11.7. The van der Waals surface area contributed by atoms with Gasteiger partial charge in [0.15, 0.2) is 0 Å². The van der Waals surface area contributed by atoms with E-state index in [-0.39, 0.29) is 15.4 Å². The molecule has 102 valence electrons. The van der Waals surface area contributed by atoms with Crippen LogP contribution in [0.25, 0.3) is 0 Å². The van der Waals surface area contributed by atoms with Crippen molar-refractivity contribution in [2.45, 2.75) is 63.3 Å². The van der Waals surface area contributed by atoms with Gasteiger partial charge in [-0.15, -0.1) is 6.58 Å². The maximum Gasteiger partial charge on any atom is 0.134 e. The Bertz CT molecular complexity index is 158. The predicted molar refractivity (Wildman–Crippen MR) is 78.3 cm³/mol. The first kappa shape index (κ1) is 16.9. The summed E-state index contributed by atoms with van der Waals surface area (Å²) < 4.78 is 10.4. The summed E-state index contributed by atoms with van der Waals surface area (Å²) in [6, 6.07) is 1.35. The number of unbranched alkanes of at least 4 members (excludes halogenated alkanes) is 7. The van der Waals surface area contributed by atoms with Gasteiger partial charge in [0, 0.05) is 14.2 Å². The summed E-state index contributed by atoms with van der Waals surface area (Å²) >= 11 is 0. The first-order valence-electron chi connectivity index (χ1n) is 7.01. The molecule has 0 radical (unpaired) electrons. The molecule has 0 rings (SSSR count). The van der Waals surface area contributed by atoms with E-state index in [0.29, 0.717) is 0 Å². The fourth-order valence-electron chi connectivity index (χ4n) is 1.99. The van der Waals surface area contributed by atoms with Crippen molar-refractivity contribution in [2.24, 2.45) is 0 Å². The molecule has 0 heterocycles. The zero-order valence-corrected chi connectivity index (χ0v) is 13.2. The molecular formula is C14H30O2Si. The van der Waals surface area contributed by atoms with E-state index < -0.39 is 0 Å². The number of methoxy groups -OCH3 is 2. The summed E-state index contributed by atoms with van der Waals surface area (Å²) in [7, 11) is 3.30. The van der Waals surface area contributed by atoms with Crippen LogP contribution in [0.4, 0.5) is 0 Å². The third-order valence-corrected chi connectivity index (χ3v) is 5.17. The van der Waals surface area contributed by atoms with Gasteiger partial charge in [-0.25, -0.2) is 0 Å². The van der Waals surface area contributed by atoms with E-state index in [1.165, 1.54) is 57.4 Å². The summed E-state index contributed by atoms with van der Waals surface area (Å²) in [5.74, 6) is 0.133. The monoisotopic (exact) mass is 258 g/mol. The third kappa shape index (κ3) is 12.1. The van der Waals surface area contributed by atoms with E-state index in [1.807, 2.05) is 6.08 Å². The molecule has 3 heteroatoms. The first-order chi connectivity index (χ1) is 8.35. The van der Waals surface area contributed by atoms with Crippen molar-refractivity contribution >= 4 is 9.52 Å². The van der Waals surface area contributed by atoms with Crippen molar-refractivity contribution < 1.29 is 9.47 Å². The van der Waals surface area contributed by atoms with Gasteiger partial charge >= 0.3 is 0 Å². The molecule has 0 atom stereocenters. The summed E-state index contributed by atoms with van der Waals surface area (Å²) in [6.45, 7) is 3.74. The van der Waals surface area contributed by atoms with E-state index in [1.54, 1.807) is 14.2 Å². The van der Waals surface area contributed by atoms with Gasteiger partial charge in [-0.05, 0) is 12.8 Å². The molecule has 0 saturated carbocycles. The molecule has 0 N–H and O–H groups in total. The van der Waals surface area contributed by atoms with E-state index in [9.17, 15) is 0 Å². The maximum atomic E-state index is 5.21. The van der Waals surface area contributed by atoms with Crippen LogP contribution in [-0.2, 0) is 9.47 Å². The Balaban J connectivity index is 3.05. The van der Waals surface area contributed by atoms with Crippen molar-refractivity contribution in [1.29, 1.82) is 0 Å². The van der Waals surface area contributed by atoms with Gasteiger partial charge < -0.3 is 9.47 Å². The van der Waals surface area contributed by atoms with Crippen molar-refractivity contribution in [3.8, 4) is 0 Å². The molecule has 2 nitrogen and oxygen atoms in total. The van der Waals surface area contributed by atoms with Crippen molar-refractivity contribution in [3.05, 3.63) is 12.7 Å². The van der Waals surface area contributed by atoms with E-state index in [2.05, 4.69) is 6.58 Å². The molecule has 0 bridgehead atoms. The lowest BCUT2D eigenvalue weighted by Crippen LogP contribution is -2.20. The van der Waals surface area contributed by atoms with Crippen LogP contribution in [0.1, 0.15) is 51.4 Å². The molecule has 0 aliphatic heterocycles. The molecule has 0 aromatic carbocycles. The van der Waals surface area contributed by atoms with E-state index >= 15 is 0 Å². The molecule has 0 amide bonds. The summed E-state index contributed by atoms with van der Waals surface area (Å²) in [5.41, 5.74) is 0. The van der Waals surface area contributed by atoms with Crippen LogP contribution < -0.4 is 0 Å². The normalized spacial score (nSPS) is 11.7. The van der Waals surface area contributed by atoms with Gasteiger partial charge in [0.05, 0.1) is 9.52 Å². The number of hydrogen-bond donors (Lipinski definition) is 0. The highest BCUT2D eigenvalue weighted by Gasteiger charge is 2.04. The van der Waals surface area contributed by atoms with Crippen molar-refractivity contribution in [1.82, 2.24) is 0 Å². The highest BCUT2D eigenvalue weighted by Crippen LogP contribution is 2.10. The third-order valence-electron chi connectivity index (χ3n) is 3.12. The largest absolute Gasteiger partial charge is 0.360 e. The average Bonchev–Trinajstić information content (AvgIpc) is 2.36. The minimum atomic E-state index is -0.181. The molecule has 0 saturated heterocycles. The van der Waals surface area contributed by atoms with Gasteiger partial charge in [0.1, 0.15) is 5.91 Å². The molecule has 0 unspecified atom stereocenters. The predicted octanol–water partition coefficient (Wildman–Crippen LogP) is 3.46. The molecule has 0 spiro atoms. The van der Waals surface area contributed by atoms with Crippen LogP contribution in [0.3, 0.4) is 0 Å². The van der Waals surface area contributed by atoms with Gasteiger partial charge in [-0.3, -0.25) is 0 Å². The Morgan fingerprint density at radius 2 is 1.47 bits per heavy atom. The molecule has 0 aliphatic rings. The number of ether oxygens (including phenoxy) is 2. The molecule has 0 aliphatic carbocycles. The lowest BCUT2D eigenvalue weighted by atomic mass is 10.1. The molecule has 0 aromatic rings. The Morgan fingerprint density at radius 1 is 0.941 bits per heavy atom. The van der Waals surface area contributed by atoms with Gasteiger partial charge in [-0.1, -0.05) is 50.6 Å². The van der Waals surface area contributed by atoms with E-state index in [4.69, 9.17) is 9.47 Å². The fourth-order valence-corrected chi connectivity index (χ4v) is 3.44. The fraction of sp³-hybridized carbons (Fsp3) is 0.857. The standard InChI is InChI=1S/C14H30O2Si/c1-4-5-6-7-8-9-10-11-12-13-17-14(15-2)16-3/h4,14H,1,5-13,17H2,2-3H3. The van der Waals surface area contributed by atoms with Crippen LogP contribution in [0.15, 0.2) is 12.7 Å². The number of allylic oxidation sites excluding steroid dienone is 1. The Labute approximate surface area is 110 Å². The minimum absolute atomic E-state index is 0.133. The second-order valence-corrected chi connectivity index (χ2v) is 6.55. The van der Waals surface area contributed by atoms with Crippen LogP contribution in [-0.4, -0.2) is 29.7 Å². The Morgan fingerprint density at radius 3 is 2.00 bits per heavy atom. The lowest BCUT2D eigenvalue weighted by molar-refractivity contribution is -0.0441. The molecule has 17 heavy (non-hydrogen) atoms. The molecule has 0 aromatic heterocycles. The Kier molecular flexibility index (Phi) is 13.8. The first-order valence-corrected chi connectivity index (χ1v) is 8.83. The molecule has 0 fully saturated rings. The van der Waals surface area contributed by atoms with Gasteiger partial charge in [0.25, 0.3) is 0 Å². The summed E-state index contributed by atoms with van der Waals surface area (Å²) in [6.07, 6.45) is 12.8. The maximum absolute atomic E-state index is 5.21. The second kappa shape index (κ2) is 13.9. The van der Waals surface area contributed by atoms with Crippen molar-refractivity contribution in [3.63, 3.8) is 0 Å². The number of hydrogen-bond acceptors (Lipinski definition) is 2. The quantitative estimate of drug-likeness (QED) is 0.218. The molecular weight excluding hydrogens is 228 g/mol. The Hall–Kier alpha value is -0.123. The number of rotatable bonds is 13. The highest BCUT2D eigenvalue weighted by atomic mass is 28.2. The second-order valence-electron chi connectivity index (χ2n) is 4.60. The summed E-state index contributed by atoms with van der Waals surface area (Å²) in [5, 5.41) is 0. The smallest absolute Gasteiger partial charge is 0.134 e. The van der Waals surface area contributed by atoms with Crippen LogP contribution in [0, 0.1) is 0 Å². The SMILES string of the molecule is C=CCCCCCCCCC[SiH2]C(OC)OC. The highest BCUT2D eigenvalue weighted by molar-refractivity contribution is 6.36. The van der Waals surface area contributed by atoms with Gasteiger partial charge in [-0.2, -0.15) is 0 Å². The van der Waals surface area contributed by atoms with E-state index in [0.717, 1.165) is 0 Å². The van der Waals surface area contributed by atoms with Crippen LogP contribution >= 0.6 is 0 Å².